The molecule has 7 nitrogen and oxygen atoms in total. The number of anilines is 4. The molecule has 2 aliphatic heterocycles. The van der Waals surface area contributed by atoms with Crippen LogP contribution >= 0.6 is 0 Å². The molecule has 336 valence electrons. The van der Waals surface area contributed by atoms with Crippen LogP contribution in [0.5, 0.6) is 0 Å². The van der Waals surface area contributed by atoms with Crippen molar-refractivity contribution in [2.24, 2.45) is 0 Å². The minimum atomic E-state index is -0.164. The zero-order valence-electron chi connectivity index (χ0n) is 37.7. The summed E-state index contributed by atoms with van der Waals surface area (Å²) in [5.41, 5.74) is 16.4. The van der Waals surface area contributed by atoms with Crippen LogP contribution in [0, 0.1) is 25.7 Å². The summed E-state index contributed by atoms with van der Waals surface area (Å²) >= 11 is 0. The van der Waals surface area contributed by atoms with Gasteiger partial charge in [0.05, 0.1) is 16.8 Å². The van der Waals surface area contributed by atoms with Gasteiger partial charge in [-0.1, -0.05) is 138 Å². The van der Waals surface area contributed by atoms with E-state index in [1.165, 1.54) is 0 Å². The number of pyridine rings is 1. The Morgan fingerprint density at radius 3 is 1.97 bits per heavy atom. The van der Waals surface area contributed by atoms with Crippen LogP contribution < -0.4 is 9.80 Å². The standard InChI is InChI=1S/C61H43N6O.Pt/c1-40-33-59(62-38-51(40)43-21-9-4-10-22-43)67-53-28-12-11-25-49(53)50-31-30-45(35-54(50)67)61(68)44-23-15-24-46(34-44)65-39-66(57-37-55-52(36-56(57)65)63-58-29-13-14-32-64(55)58)60-47(41-17-5-2-6-18-41)26-16-27-48(60)42-19-7-3-8-20-42;/h2-12,15-28,30-31,33,36-39H,13-14,29,32H2,1H3;/q-3;. The number of benzene rings is 8. The summed E-state index contributed by atoms with van der Waals surface area (Å²) in [7, 11) is 0. The molecule has 0 spiro atoms. The molecule has 8 aromatic carbocycles. The van der Waals surface area contributed by atoms with Crippen molar-refractivity contribution in [3.8, 4) is 39.2 Å². The van der Waals surface area contributed by atoms with E-state index in [-0.39, 0.29) is 26.8 Å². The second kappa shape index (κ2) is 17.3. The molecule has 0 N–H and O–H groups in total. The molecular formula is C61H43N6OPt-3. The van der Waals surface area contributed by atoms with Crippen molar-refractivity contribution < 1.29 is 25.9 Å². The van der Waals surface area contributed by atoms with Crippen LogP contribution in [0.15, 0.2) is 188 Å². The van der Waals surface area contributed by atoms with Crippen molar-refractivity contribution in [2.75, 3.05) is 9.80 Å². The van der Waals surface area contributed by atoms with Crippen LogP contribution in [0.1, 0.15) is 40.2 Å². The van der Waals surface area contributed by atoms with Crippen LogP contribution in [0.3, 0.4) is 0 Å². The maximum atomic E-state index is 14.9. The first-order chi connectivity index (χ1) is 33.6. The van der Waals surface area contributed by atoms with E-state index in [0.717, 1.165) is 132 Å². The quantitative estimate of drug-likeness (QED) is 0.112. The number of hydrogen-bond donors (Lipinski definition) is 0. The summed E-state index contributed by atoms with van der Waals surface area (Å²) in [6, 6.07) is 70.0. The first-order valence-electron chi connectivity index (χ1n) is 23.3. The van der Waals surface area contributed by atoms with Crippen LogP contribution in [0.25, 0.3) is 72.0 Å². The van der Waals surface area contributed by atoms with E-state index >= 15 is 0 Å². The molecule has 3 aromatic heterocycles. The molecule has 0 saturated carbocycles. The second-order valence-electron chi connectivity index (χ2n) is 17.7. The number of imidazole rings is 1. The molecule has 0 atom stereocenters. The van der Waals surface area contributed by atoms with Crippen molar-refractivity contribution in [1.82, 2.24) is 19.1 Å². The Bertz CT molecular complexity index is 3710. The van der Waals surface area contributed by atoms with Gasteiger partial charge in [0, 0.05) is 79.5 Å². The molecule has 2 aliphatic rings. The minimum Gasteiger partial charge on any atom is -0.488 e. The largest absolute Gasteiger partial charge is 0.488 e. The van der Waals surface area contributed by atoms with Gasteiger partial charge < -0.3 is 23.7 Å². The van der Waals surface area contributed by atoms with Crippen molar-refractivity contribution in [3.05, 3.63) is 230 Å². The molecule has 0 amide bonds. The molecule has 69 heavy (non-hydrogen) atoms. The molecule has 0 unspecified atom stereocenters. The van der Waals surface area contributed by atoms with Crippen LogP contribution in [0.2, 0.25) is 0 Å². The van der Waals surface area contributed by atoms with Crippen molar-refractivity contribution in [3.63, 3.8) is 0 Å². The molecule has 5 heterocycles. The van der Waals surface area contributed by atoms with Gasteiger partial charge >= 0.3 is 0 Å². The van der Waals surface area contributed by atoms with Crippen molar-refractivity contribution in [1.29, 1.82) is 0 Å². The third-order valence-electron chi connectivity index (χ3n) is 13.7. The Kier molecular flexibility index (Phi) is 10.7. The number of carbonyl (C=O) groups excluding carboxylic acids is 1. The Hall–Kier alpha value is -7.86. The summed E-state index contributed by atoms with van der Waals surface area (Å²) in [6.45, 7) is 5.23. The smallest absolute Gasteiger partial charge is 0.136 e. The maximum absolute atomic E-state index is 14.9. The topological polar surface area (TPSA) is 59.2 Å². The fourth-order valence-corrected chi connectivity index (χ4v) is 10.4. The summed E-state index contributed by atoms with van der Waals surface area (Å²) in [5, 5.41) is 2.07. The third-order valence-corrected chi connectivity index (χ3v) is 13.7. The normalized spacial score (nSPS) is 13.2. The molecule has 0 fully saturated rings. The number of rotatable bonds is 8. The first-order valence-corrected chi connectivity index (χ1v) is 23.3. The number of fused-ring (bicyclic) bond motifs is 7. The number of ketones is 1. The Labute approximate surface area is 415 Å². The summed E-state index contributed by atoms with van der Waals surface area (Å²) in [5.74, 6) is 1.74. The Morgan fingerprint density at radius 1 is 0.594 bits per heavy atom. The molecule has 0 bridgehead atoms. The maximum Gasteiger partial charge on any atom is 0.136 e. The number of para-hydroxylation sites is 2. The zero-order valence-corrected chi connectivity index (χ0v) is 40.0. The van der Waals surface area contributed by atoms with Gasteiger partial charge in [-0.25, -0.2) is 9.97 Å². The number of nitrogens with zero attached hydrogens (tertiary/aromatic N) is 6. The van der Waals surface area contributed by atoms with E-state index in [0.29, 0.717) is 11.1 Å². The first kappa shape index (κ1) is 42.5. The molecule has 13 rings (SSSR count). The van der Waals surface area contributed by atoms with Gasteiger partial charge in [0.15, 0.2) is 0 Å². The summed E-state index contributed by atoms with van der Waals surface area (Å²) in [4.78, 5) is 29.6. The Morgan fingerprint density at radius 2 is 1.25 bits per heavy atom. The van der Waals surface area contributed by atoms with Gasteiger partial charge in [-0.15, -0.1) is 60.3 Å². The average molecular weight is 1070 g/mol. The van der Waals surface area contributed by atoms with Gasteiger partial charge in [0.2, 0.25) is 0 Å². The summed E-state index contributed by atoms with van der Waals surface area (Å²) < 4.78 is 4.52. The monoisotopic (exact) mass is 1070 g/mol. The fraction of sp³-hybridized carbons (Fsp3) is 0.0820. The predicted molar refractivity (Wildman–Crippen MR) is 275 cm³/mol. The van der Waals surface area contributed by atoms with Crippen molar-refractivity contribution >= 4 is 61.4 Å². The molecule has 11 aromatic rings. The molecular weight excluding hydrogens is 1030 g/mol. The summed E-state index contributed by atoms with van der Waals surface area (Å²) in [6.07, 6.45) is 5.18. The molecule has 0 radical (unpaired) electrons. The Balaban J connectivity index is 0.00000492. The number of hydrogen-bond acceptors (Lipinski definition) is 5. The average Bonchev–Trinajstić information content (AvgIpc) is 4.07. The van der Waals surface area contributed by atoms with Crippen LogP contribution in [-0.4, -0.2) is 24.9 Å². The predicted octanol–water partition coefficient (Wildman–Crippen LogP) is 14.4. The SMILES string of the molecule is Cc1cc(-n2c3[c-]c(C(=O)c4[c-]c(N5[CH-]N(c6c(-c7ccccc7)cccc6-c6ccccc6)c6cc7c(cc65)nc5n7CCCC5)ccc4)ccc3c3ccccc32)ncc1-c1ccccc1.[Pt]. The number of carbonyl (C=O) groups is 1. The van der Waals surface area contributed by atoms with E-state index in [9.17, 15) is 4.79 Å². The number of aryl methyl sites for hydroxylation is 3. The third kappa shape index (κ3) is 7.19. The van der Waals surface area contributed by atoms with E-state index in [1.54, 1.807) is 0 Å². The zero-order chi connectivity index (χ0) is 45.3. The molecule has 0 aliphatic carbocycles. The molecule has 8 heteroatoms. The van der Waals surface area contributed by atoms with E-state index in [1.807, 2.05) is 66.9 Å². The van der Waals surface area contributed by atoms with Gasteiger partial charge in [0.25, 0.3) is 0 Å². The van der Waals surface area contributed by atoms with E-state index in [2.05, 4.69) is 166 Å². The van der Waals surface area contributed by atoms with Gasteiger partial charge in [-0.3, -0.25) is 0 Å². The van der Waals surface area contributed by atoms with Gasteiger partial charge in [-0.05, 0) is 77.2 Å². The van der Waals surface area contributed by atoms with E-state index < -0.39 is 0 Å². The van der Waals surface area contributed by atoms with Crippen LogP contribution in [0.4, 0.5) is 22.7 Å². The van der Waals surface area contributed by atoms with E-state index in [4.69, 9.17) is 9.97 Å². The van der Waals surface area contributed by atoms with Gasteiger partial charge in [0.1, 0.15) is 11.6 Å². The van der Waals surface area contributed by atoms with Crippen LogP contribution in [-0.2, 0) is 34.0 Å². The van der Waals surface area contributed by atoms with Gasteiger partial charge in [-0.2, -0.15) is 0 Å². The van der Waals surface area contributed by atoms with Crippen molar-refractivity contribution in [2.45, 2.75) is 32.7 Å². The molecule has 0 saturated heterocycles. The second-order valence-corrected chi connectivity index (χ2v) is 17.7. The fourth-order valence-electron chi connectivity index (χ4n) is 10.4. The number of aromatic nitrogens is 4. The minimum absolute atomic E-state index is 0.